The van der Waals surface area contributed by atoms with Gasteiger partial charge >= 0.3 is 0 Å². The largest absolute Gasteiger partial charge is 0.365 e. The monoisotopic (exact) mass is 347 g/mol. The number of nitrogens with zero attached hydrogens (tertiary/aromatic N) is 4. The van der Waals surface area contributed by atoms with Gasteiger partial charge in [-0.05, 0) is 18.9 Å². The Morgan fingerprint density at radius 2 is 1.92 bits per heavy atom. The maximum Gasteiger partial charge on any atom is 0.165 e. The first-order valence-electron chi connectivity index (χ1n) is 7.97. The zero-order valence-electron chi connectivity index (χ0n) is 13.2. The maximum atomic E-state index is 13.9. The summed E-state index contributed by atoms with van der Waals surface area (Å²) in [5, 5.41) is 3.47. The Bertz CT molecular complexity index is 829. The van der Waals surface area contributed by atoms with Gasteiger partial charge in [0.2, 0.25) is 0 Å². The van der Waals surface area contributed by atoms with Crippen LogP contribution in [0.3, 0.4) is 0 Å². The van der Waals surface area contributed by atoms with Crippen molar-refractivity contribution in [1.82, 2.24) is 19.5 Å². The van der Waals surface area contributed by atoms with E-state index in [9.17, 15) is 4.39 Å². The van der Waals surface area contributed by atoms with Gasteiger partial charge in [0.25, 0.3) is 0 Å². The van der Waals surface area contributed by atoms with Crippen molar-refractivity contribution in [3.63, 3.8) is 0 Å². The predicted octanol–water partition coefficient (Wildman–Crippen LogP) is 3.79. The molecule has 0 radical (unpaired) electrons. The first-order valence-corrected chi connectivity index (χ1v) is 7.97. The van der Waals surface area contributed by atoms with Crippen molar-refractivity contribution in [2.45, 2.75) is 38.3 Å². The van der Waals surface area contributed by atoms with Crippen molar-refractivity contribution in [2.75, 3.05) is 5.32 Å². The first-order chi connectivity index (χ1) is 11.3. The lowest BCUT2D eigenvalue weighted by molar-refractivity contribution is 0.601. The molecule has 0 aliphatic heterocycles. The highest BCUT2D eigenvalue weighted by Gasteiger charge is 2.18. The van der Waals surface area contributed by atoms with Gasteiger partial charge in [-0.1, -0.05) is 31.0 Å². The average Bonchev–Trinajstić information content (AvgIpc) is 3.20. The second-order valence-electron chi connectivity index (χ2n) is 5.98. The Labute approximate surface area is 145 Å². The van der Waals surface area contributed by atoms with Crippen molar-refractivity contribution >= 4 is 29.4 Å². The normalized spacial score (nSPS) is 14.7. The zero-order valence-corrected chi connectivity index (χ0v) is 14.0. The molecule has 1 aromatic carbocycles. The number of imidazole rings is 1. The minimum Gasteiger partial charge on any atom is -0.365 e. The van der Waals surface area contributed by atoms with Gasteiger partial charge in [-0.2, -0.15) is 0 Å². The van der Waals surface area contributed by atoms with Crippen LogP contribution < -0.4 is 5.32 Å². The van der Waals surface area contributed by atoms with Gasteiger partial charge in [-0.25, -0.2) is 19.3 Å². The highest BCUT2D eigenvalue weighted by atomic mass is 35.5. The molecule has 3 aromatic rings. The average molecular weight is 348 g/mol. The van der Waals surface area contributed by atoms with E-state index in [1.807, 2.05) is 10.6 Å². The van der Waals surface area contributed by atoms with Crippen LogP contribution in [0.15, 0.2) is 36.9 Å². The Morgan fingerprint density at radius 1 is 1.12 bits per heavy atom. The summed E-state index contributed by atoms with van der Waals surface area (Å²) in [6.07, 6.45) is 8.09. The van der Waals surface area contributed by atoms with Crippen molar-refractivity contribution < 1.29 is 4.39 Å². The molecular weight excluding hydrogens is 329 g/mol. The van der Waals surface area contributed by atoms with Crippen molar-refractivity contribution in [1.29, 1.82) is 0 Å². The second-order valence-corrected chi connectivity index (χ2v) is 5.98. The van der Waals surface area contributed by atoms with Crippen LogP contribution in [0.1, 0.15) is 31.2 Å². The van der Waals surface area contributed by atoms with E-state index in [2.05, 4.69) is 20.3 Å². The van der Waals surface area contributed by atoms with Gasteiger partial charge in [0.05, 0.1) is 12.9 Å². The summed E-state index contributed by atoms with van der Waals surface area (Å²) in [4.78, 5) is 13.1. The first kappa shape index (κ1) is 16.6. The van der Waals surface area contributed by atoms with Crippen molar-refractivity contribution in [3.05, 3.63) is 48.3 Å². The van der Waals surface area contributed by atoms with E-state index in [0.717, 1.165) is 17.0 Å². The van der Waals surface area contributed by atoms with E-state index in [1.54, 1.807) is 24.8 Å². The summed E-state index contributed by atoms with van der Waals surface area (Å²) in [6.45, 7) is 0.406. The number of rotatable bonds is 4. The lowest BCUT2D eigenvalue weighted by Gasteiger charge is -2.12. The van der Waals surface area contributed by atoms with Gasteiger partial charge in [0.1, 0.15) is 17.7 Å². The molecule has 0 unspecified atom stereocenters. The molecule has 0 spiro atoms. The fourth-order valence-corrected chi connectivity index (χ4v) is 3.18. The lowest BCUT2D eigenvalue weighted by atomic mass is 10.2. The lowest BCUT2D eigenvalue weighted by Crippen LogP contribution is -2.16. The third kappa shape index (κ3) is 3.19. The molecule has 24 heavy (non-hydrogen) atoms. The number of fused-ring (bicyclic) bond motifs is 1. The van der Waals surface area contributed by atoms with Gasteiger partial charge in [0, 0.05) is 11.6 Å². The van der Waals surface area contributed by atoms with E-state index >= 15 is 0 Å². The quantitative estimate of drug-likeness (QED) is 0.780. The number of halogens is 2. The fraction of sp³-hybridized carbons (Fsp3) is 0.353. The molecule has 5 nitrogen and oxygen atoms in total. The Kier molecular flexibility index (Phi) is 4.94. The molecule has 1 N–H and O–H groups in total. The molecule has 2 heterocycles. The van der Waals surface area contributed by atoms with Crippen LogP contribution in [0.25, 0.3) is 11.2 Å². The summed E-state index contributed by atoms with van der Waals surface area (Å²) < 4.78 is 15.7. The van der Waals surface area contributed by atoms with E-state index in [-0.39, 0.29) is 18.2 Å². The molecule has 1 aliphatic carbocycles. The standard InChI is InChI=1S/C17H18FN5.ClH/c18-14-8-4-1-5-12(14)9-23-11-21-15-16(19-10-20-17(15)23)22-13-6-2-3-7-13;/h1,4-5,8,10-11,13H,2-3,6-7,9H2,(H,19,20,22);1H. The molecule has 7 heteroatoms. The van der Waals surface area contributed by atoms with Crippen LogP contribution in [0, 0.1) is 5.82 Å². The highest BCUT2D eigenvalue weighted by Crippen LogP contribution is 2.25. The number of aromatic nitrogens is 4. The van der Waals surface area contributed by atoms with E-state index < -0.39 is 0 Å². The number of anilines is 1. The smallest absolute Gasteiger partial charge is 0.165 e. The second kappa shape index (κ2) is 7.13. The third-order valence-electron chi connectivity index (χ3n) is 4.40. The Balaban J connectivity index is 0.00000169. The summed E-state index contributed by atoms with van der Waals surface area (Å²) in [6, 6.07) is 7.23. The van der Waals surface area contributed by atoms with Crippen LogP contribution in [-0.2, 0) is 6.54 Å². The minimum absolute atomic E-state index is 0. The minimum atomic E-state index is -0.215. The SMILES string of the molecule is Cl.Fc1ccccc1Cn1cnc2c(NC3CCCC3)ncnc21. The molecule has 0 amide bonds. The van der Waals surface area contributed by atoms with E-state index in [0.29, 0.717) is 18.2 Å². The van der Waals surface area contributed by atoms with Gasteiger partial charge < -0.3 is 9.88 Å². The molecule has 126 valence electrons. The van der Waals surface area contributed by atoms with Crippen LogP contribution in [-0.4, -0.2) is 25.6 Å². The third-order valence-corrected chi connectivity index (χ3v) is 4.40. The highest BCUT2D eigenvalue weighted by molar-refractivity contribution is 5.85. The van der Waals surface area contributed by atoms with E-state index in [4.69, 9.17) is 0 Å². The molecule has 0 saturated heterocycles. The number of benzene rings is 1. The predicted molar refractivity (Wildman–Crippen MR) is 94.0 cm³/mol. The van der Waals surface area contributed by atoms with E-state index in [1.165, 1.54) is 31.7 Å². The molecule has 1 aliphatic rings. The van der Waals surface area contributed by atoms with Crippen LogP contribution in [0.4, 0.5) is 10.2 Å². The zero-order chi connectivity index (χ0) is 15.6. The summed E-state index contributed by atoms with van der Waals surface area (Å²) >= 11 is 0. The summed E-state index contributed by atoms with van der Waals surface area (Å²) in [5.74, 6) is 0.557. The summed E-state index contributed by atoms with van der Waals surface area (Å²) in [7, 11) is 0. The molecule has 0 bridgehead atoms. The molecule has 2 aromatic heterocycles. The van der Waals surface area contributed by atoms with Crippen LogP contribution >= 0.6 is 12.4 Å². The van der Waals surface area contributed by atoms with Crippen LogP contribution in [0.5, 0.6) is 0 Å². The van der Waals surface area contributed by atoms with Crippen molar-refractivity contribution in [2.24, 2.45) is 0 Å². The number of hydrogen-bond donors (Lipinski definition) is 1. The molecule has 1 saturated carbocycles. The Hall–Kier alpha value is -2.21. The molecule has 1 fully saturated rings. The molecule has 4 rings (SSSR count). The maximum absolute atomic E-state index is 13.9. The number of hydrogen-bond acceptors (Lipinski definition) is 4. The Morgan fingerprint density at radius 3 is 2.71 bits per heavy atom. The summed E-state index contributed by atoms with van der Waals surface area (Å²) in [5.41, 5.74) is 2.09. The van der Waals surface area contributed by atoms with Gasteiger partial charge in [0.15, 0.2) is 11.5 Å². The molecular formula is C17H19ClFN5. The van der Waals surface area contributed by atoms with Crippen molar-refractivity contribution in [3.8, 4) is 0 Å². The molecule has 0 atom stereocenters. The van der Waals surface area contributed by atoms with Crippen LogP contribution in [0.2, 0.25) is 0 Å². The topological polar surface area (TPSA) is 55.6 Å². The van der Waals surface area contributed by atoms with Gasteiger partial charge in [-0.3, -0.25) is 0 Å². The fourth-order valence-electron chi connectivity index (χ4n) is 3.18. The number of nitrogens with one attached hydrogen (secondary N) is 1. The van der Waals surface area contributed by atoms with Gasteiger partial charge in [-0.15, -0.1) is 12.4 Å².